The zero-order valence-corrected chi connectivity index (χ0v) is 16.2. The number of nitriles is 1. The van der Waals surface area contributed by atoms with Gasteiger partial charge >= 0.3 is 0 Å². The van der Waals surface area contributed by atoms with Gasteiger partial charge in [0.05, 0.1) is 30.4 Å². The third-order valence-electron chi connectivity index (χ3n) is 3.71. The second-order valence-corrected chi connectivity index (χ2v) is 6.06. The first kappa shape index (κ1) is 20.4. The van der Waals surface area contributed by atoms with Crippen molar-refractivity contribution in [3.05, 3.63) is 52.5 Å². The molecule has 27 heavy (non-hydrogen) atoms. The quantitative estimate of drug-likeness (QED) is 0.745. The summed E-state index contributed by atoms with van der Waals surface area (Å²) in [6.45, 7) is 4.25. The van der Waals surface area contributed by atoms with Crippen LogP contribution in [-0.4, -0.2) is 25.7 Å². The Morgan fingerprint density at radius 1 is 1.30 bits per heavy atom. The summed E-state index contributed by atoms with van der Waals surface area (Å²) in [4.78, 5) is 12.3. The van der Waals surface area contributed by atoms with E-state index in [9.17, 15) is 4.79 Å². The SMILES string of the molecule is CCOc1c(Cl)cc(CNC(=O)C(C)Oc2ccc(C#N)cc2)cc1OC. The van der Waals surface area contributed by atoms with Crippen LogP contribution in [0.3, 0.4) is 0 Å². The van der Waals surface area contributed by atoms with Gasteiger partial charge in [0.1, 0.15) is 5.75 Å². The Morgan fingerprint density at radius 3 is 2.59 bits per heavy atom. The van der Waals surface area contributed by atoms with Gasteiger partial charge in [-0.1, -0.05) is 11.6 Å². The minimum atomic E-state index is -0.696. The van der Waals surface area contributed by atoms with Crippen LogP contribution in [0.1, 0.15) is 25.0 Å². The van der Waals surface area contributed by atoms with E-state index >= 15 is 0 Å². The molecule has 0 heterocycles. The molecule has 1 amide bonds. The molecule has 0 aliphatic heterocycles. The van der Waals surface area contributed by atoms with Gasteiger partial charge in [0.15, 0.2) is 17.6 Å². The zero-order chi connectivity index (χ0) is 19.8. The van der Waals surface area contributed by atoms with Crippen LogP contribution in [0.5, 0.6) is 17.2 Å². The number of nitrogens with one attached hydrogen (secondary N) is 1. The molecule has 1 unspecified atom stereocenters. The number of rotatable bonds is 8. The Bertz CT molecular complexity index is 831. The van der Waals surface area contributed by atoms with Gasteiger partial charge < -0.3 is 19.5 Å². The number of hydrogen-bond donors (Lipinski definition) is 1. The first-order chi connectivity index (χ1) is 13.0. The van der Waals surface area contributed by atoms with Crippen molar-refractivity contribution in [3.63, 3.8) is 0 Å². The Hall–Kier alpha value is -2.91. The molecule has 0 aromatic heterocycles. The van der Waals surface area contributed by atoms with E-state index < -0.39 is 6.10 Å². The molecule has 7 heteroatoms. The molecular weight excluding hydrogens is 368 g/mol. The third kappa shape index (κ3) is 5.53. The molecule has 0 saturated heterocycles. The van der Waals surface area contributed by atoms with Crippen molar-refractivity contribution in [2.24, 2.45) is 0 Å². The summed E-state index contributed by atoms with van der Waals surface area (Å²) in [5.74, 6) is 1.23. The number of nitrogens with zero attached hydrogens (tertiary/aromatic N) is 1. The summed E-state index contributed by atoms with van der Waals surface area (Å²) in [7, 11) is 1.53. The highest BCUT2D eigenvalue weighted by molar-refractivity contribution is 6.32. The molecule has 1 atom stereocenters. The molecule has 0 bridgehead atoms. The summed E-state index contributed by atoms with van der Waals surface area (Å²) in [6.07, 6.45) is -0.696. The van der Waals surface area contributed by atoms with Crippen molar-refractivity contribution >= 4 is 17.5 Å². The number of carbonyl (C=O) groups is 1. The van der Waals surface area contributed by atoms with Crippen LogP contribution in [0.4, 0.5) is 0 Å². The average molecular weight is 389 g/mol. The van der Waals surface area contributed by atoms with E-state index in [4.69, 9.17) is 31.1 Å². The first-order valence-corrected chi connectivity index (χ1v) is 8.80. The summed E-state index contributed by atoms with van der Waals surface area (Å²) in [6, 6.07) is 12.1. The van der Waals surface area contributed by atoms with Crippen LogP contribution in [0.2, 0.25) is 5.02 Å². The molecular formula is C20H21ClN2O4. The fraction of sp³-hybridized carbons (Fsp3) is 0.300. The minimum absolute atomic E-state index is 0.266. The molecule has 2 aromatic carbocycles. The highest BCUT2D eigenvalue weighted by Gasteiger charge is 2.16. The second-order valence-electron chi connectivity index (χ2n) is 5.66. The molecule has 2 rings (SSSR count). The van der Waals surface area contributed by atoms with Crippen molar-refractivity contribution in [2.75, 3.05) is 13.7 Å². The van der Waals surface area contributed by atoms with Crippen molar-refractivity contribution in [1.82, 2.24) is 5.32 Å². The number of methoxy groups -OCH3 is 1. The molecule has 0 radical (unpaired) electrons. The van der Waals surface area contributed by atoms with E-state index in [0.717, 1.165) is 5.56 Å². The van der Waals surface area contributed by atoms with Gasteiger partial charge in [-0.25, -0.2) is 0 Å². The van der Waals surface area contributed by atoms with Crippen LogP contribution in [0.15, 0.2) is 36.4 Å². The van der Waals surface area contributed by atoms with Crippen LogP contribution < -0.4 is 19.5 Å². The number of benzene rings is 2. The Labute approximate surface area is 163 Å². The molecule has 1 N–H and O–H groups in total. The van der Waals surface area contributed by atoms with Crippen LogP contribution >= 0.6 is 11.6 Å². The molecule has 0 aliphatic rings. The average Bonchev–Trinajstić information content (AvgIpc) is 2.68. The lowest BCUT2D eigenvalue weighted by Gasteiger charge is -2.16. The molecule has 0 spiro atoms. The van der Waals surface area contributed by atoms with Gasteiger partial charge in [-0.05, 0) is 55.8 Å². The lowest BCUT2D eigenvalue weighted by Crippen LogP contribution is -2.35. The lowest BCUT2D eigenvalue weighted by atomic mass is 10.2. The Kier molecular flexibility index (Phi) is 7.33. The van der Waals surface area contributed by atoms with Gasteiger partial charge in [-0.3, -0.25) is 4.79 Å². The van der Waals surface area contributed by atoms with Gasteiger partial charge in [-0.15, -0.1) is 0 Å². The topological polar surface area (TPSA) is 80.6 Å². The number of halogens is 1. The van der Waals surface area contributed by atoms with E-state index in [0.29, 0.717) is 34.4 Å². The van der Waals surface area contributed by atoms with Gasteiger partial charge in [0.25, 0.3) is 5.91 Å². The van der Waals surface area contributed by atoms with Gasteiger partial charge in [0.2, 0.25) is 0 Å². The summed E-state index contributed by atoms with van der Waals surface area (Å²) >= 11 is 6.24. The van der Waals surface area contributed by atoms with E-state index in [-0.39, 0.29) is 12.5 Å². The van der Waals surface area contributed by atoms with Crippen LogP contribution in [0, 0.1) is 11.3 Å². The normalized spacial score (nSPS) is 11.2. The van der Waals surface area contributed by atoms with Crippen LogP contribution in [-0.2, 0) is 11.3 Å². The largest absolute Gasteiger partial charge is 0.493 e. The zero-order valence-electron chi connectivity index (χ0n) is 15.4. The maximum atomic E-state index is 12.3. The molecule has 2 aromatic rings. The maximum absolute atomic E-state index is 12.3. The van der Waals surface area contributed by atoms with Gasteiger partial charge in [0, 0.05) is 6.54 Å². The smallest absolute Gasteiger partial charge is 0.261 e. The van der Waals surface area contributed by atoms with E-state index in [1.54, 1.807) is 43.3 Å². The number of hydrogen-bond acceptors (Lipinski definition) is 5. The van der Waals surface area contributed by atoms with E-state index in [1.165, 1.54) is 7.11 Å². The van der Waals surface area contributed by atoms with Crippen LogP contribution in [0.25, 0.3) is 0 Å². The predicted molar refractivity (Wildman–Crippen MR) is 102 cm³/mol. The summed E-state index contributed by atoms with van der Waals surface area (Å²) in [5.41, 5.74) is 1.31. The number of carbonyl (C=O) groups excluding carboxylic acids is 1. The molecule has 6 nitrogen and oxygen atoms in total. The van der Waals surface area contributed by atoms with Crippen molar-refractivity contribution in [2.45, 2.75) is 26.5 Å². The number of ether oxygens (including phenoxy) is 3. The monoisotopic (exact) mass is 388 g/mol. The fourth-order valence-electron chi connectivity index (χ4n) is 2.36. The standard InChI is InChI=1S/C20H21ClN2O4/c1-4-26-19-17(21)9-15(10-18(19)25-3)12-23-20(24)13(2)27-16-7-5-14(11-22)6-8-16/h5-10,13H,4,12H2,1-3H3,(H,23,24). The highest BCUT2D eigenvalue weighted by Crippen LogP contribution is 2.36. The van der Waals surface area contributed by atoms with Crippen molar-refractivity contribution in [1.29, 1.82) is 5.26 Å². The molecule has 142 valence electrons. The Morgan fingerprint density at radius 2 is 2.00 bits per heavy atom. The molecule has 0 saturated carbocycles. The summed E-state index contributed by atoms with van der Waals surface area (Å²) in [5, 5.41) is 12.0. The highest BCUT2D eigenvalue weighted by atomic mass is 35.5. The number of amides is 1. The predicted octanol–water partition coefficient (Wildman–Crippen LogP) is 3.70. The van der Waals surface area contributed by atoms with Gasteiger partial charge in [-0.2, -0.15) is 5.26 Å². The van der Waals surface area contributed by atoms with E-state index in [1.807, 2.05) is 13.0 Å². The first-order valence-electron chi connectivity index (χ1n) is 8.42. The fourth-order valence-corrected chi connectivity index (χ4v) is 2.65. The molecule has 0 fully saturated rings. The minimum Gasteiger partial charge on any atom is -0.493 e. The van der Waals surface area contributed by atoms with Crippen molar-refractivity contribution in [3.8, 4) is 23.3 Å². The Balaban J connectivity index is 1.97. The van der Waals surface area contributed by atoms with Crippen molar-refractivity contribution < 1.29 is 19.0 Å². The lowest BCUT2D eigenvalue weighted by molar-refractivity contribution is -0.127. The second kappa shape index (κ2) is 9.70. The third-order valence-corrected chi connectivity index (χ3v) is 3.99. The molecule has 0 aliphatic carbocycles. The maximum Gasteiger partial charge on any atom is 0.261 e. The summed E-state index contributed by atoms with van der Waals surface area (Å²) < 4.78 is 16.4. The van der Waals surface area contributed by atoms with E-state index in [2.05, 4.69) is 5.32 Å².